The number of nitriles is 1. The maximum absolute atomic E-state index is 11.9. The third-order valence-electron chi connectivity index (χ3n) is 7.10. The van der Waals surface area contributed by atoms with Gasteiger partial charge in [-0.3, -0.25) is 15.0 Å². The average molecular weight is 516 g/mol. The molecule has 10 heteroatoms. The Morgan fingerprint density at radius 1 is 1.05 bits per heavy atom. The molecule has 3 heterocycles. The number of carbonyl (C=O) groups is 2. The highest BCUT2D eigenvalue weighted by Gasteiger charge is 2.19. The maximum atomic E-state index is 11.9. The Morgan fingerprint density at radius 3 is 2.61 bits per heavy atom. The van der Waals surface area contributed by atoms with Crippen molar-refractivity contribution in [3.05, 3.63) is 65.5 Å². The number of nitrogens with zero attached hydrogens (tertiary/aromatic N) is 4. The first-order valence-electron chi connectivity index (χ1n) is 12.6. The Hall–Kier alpha value is -4.33. The second-order valence-corrected chi connectivity index (χ2v) is 9.49. The van der Waals surface area contributed by atoms with Gasteiger partial charge in [0.05, 0.1) is 17.1 Å². The minimum atomic E-state index is -1.42. The molecule has 0 unspecified atom stereocenters. The molecular formula is C28H29N5O5. The molecule has 1 fully saturated rings. The molecule has 10 nitrogen and oxygen atoms in total. The Kier molecular flexibility index (Phi) is 7.31. The topological polar surface area (TPSA) is 135 Å². The van der Waals surface area contributed by atoms with Crippen LogP contribution in [0.2, 0.25) is 0 Å². The number of anilines is 1. The molecule has 1 saturated heterocycles. The summed E-state index contributed by atoms with van der Waals surface area (Å²) in [5.74, 6) is -0.814. The summed E-state index contributed by atoms with van der Waals surface area (Å²) in [5.41, 5.74) is 4.32. The van der Waals surface area contributed by atoms with Crippen LogP contribution in [0, 0.1) is 11.3 Å². The van der Waals surface area contributed by atoms with E-state index in [1.165, 1.54) is 0 Å². The number of hydrogen-bond donors (Lipinski definition) is 3. The number of piperazine rings is 1. The smallest absolute Gasteiger partial charge is 0.411 e. The molecule has 2 aromatic heterocycles. The molecule has 0 radical (unpaired) electrons. The number of rotatable bonds is 8. The minimum Gasteiger partial charge on any atom is -0.465 e. The van der Waals surface area contributed by atoms with Crippen LogP contribution in [0.3, 0.4) is 0 Å². The number of unbranched alkanes of at least 4 members (excludes halogenated alkanes) is 1. The monoisotopic (exact) mass is 515 g/mol. The number of carboxylic acid groups (broad SMARTS) is 1. The molecule has 0 aliphatic carbocycles. The van der Waals surface area contributed by atoms with E-state index < -0.39 is 12.0 Å². The van der Waals surface area contributed by atoms with Crippen molar-refractivity contribution in [2.75, 3.05) is 37.6 Å². The van der Waals surface area contributed by atoms with Gasteiger partial charge in [-0.25, -0.2) is 4.79 Å². The van der Waals surface area contributed by atoms with Gasteiger partial charge in [-0.05, 0) is 73.8 Å². The van der Waals surface area contributed by atoms with Gasteiger partial charge in [0, 0.05) is 48.8 Å². The van der Waals surface area contributed by atoms with E-state index >= 15 is 0 Å². The zero-order chi connectivity index (χ0) is 26.6. The van der Waals surface area contributed by atoms with E-state index in [4.69, 9.17) is 9.52 Å². The van der Waals surface area contributed by atoms with Crippen molar-refractivity contribution in [1.29, 1.82) is 5.26 Å². The molecule has 4 aromatic rings. The van der Waals surface area contributed by atoms with Gasteiger partial charge >= 0.3 is 6.09 Å². The van der Waals surface area contributed by atoms with Gasteiger partial charge in [0.1, 0.15) is 12.3 Å². The molecule has 2 amide bonds. The summed E-state index contributed by atoms with van der Waals surface area (Å²) in [7, 11) is 0. The molecule has 38 heavy (non-hydrogen) atoms. The third-order valence-corrected chi connectivity index (χ3v) is 7.10. The number of aromatic nitrogens is 1. The quantitative estimate of drug-likeness (QED) is 0.302. The molecule has 1 aliphatic rings. The van der Waals surface area contributed by atoms with Crippen molar-refractivity contribution in [2.45, 2.75) is 26.0 Å². The highest BCUT2D eigenvalue weighted by molar-refractivity contribution is 6.03. The number of carbonyl (C=O) groups excluding carboxylic acids is 1. The fraction of sp³-hybridized carbons (Fsp3) is 0.321. The molecule has 0 bridgehead atoms. The summed E-state index contributed by atoms with van der Waals surface area (Å²) in [6, 6.07) is 15.1. The molecule has 1 aliphatic heterocycles. The van der Waals surface area contributed by atoms with Crippen LogP contribution in [0.15, 0.2) is 53.1 Å². The number of aliphatic hydroxyl groups excluding tert-OH is 1. The standard InChI is InChI=1S/C28H29N5O5/c29-16-19-4-6-24-23(13-19)20(17-33(24)18-34)3-1-2-8-31-9-11-32(12-10-31)22-5-7-25-21(14-22)15-26(38-25)27(35)30-28(36)37/h4-7,13-15,17,34H,1-3,8-12,18H2,(H,30,35)(H,36,37). The van der Waals surface area contributed by atoms with E-state index in [2.05, 4.69) is 15.9 Å². The van der Waals surface area contributed by atoms with Crippen LogP contribution in [0.5, 0.6) is 0 Å². The predicted octanol–water partition coefficient (Wildman–Crippen LogP) is 3.76. The van der Waals surface area contributed by atoms with E-state index in [9.17, 15) is 20.0 Å². The van der Waals surface area contributed by atoms with E-state index in [1.807, 2.05) is 41.1 Å². The minimum absolute atomic E-state index is 0.0317. The normalized spacial score (nSPS) is 14.2. The summed E-state index contributed by atoms with van der Waals surface area (Å²) >= 11 is 0. The van der Waals surface area contributed by atoms with Crippen LogP contribution in [-0.4, -0.2) is 64.4 Å². The van der Waals surface area contributed by atoms with Gasteiger partial charge in [-0.15, -0.1) is 0 Å². The fourth-order valence-electron chi connectivity index (χ4n) is 5.14. The maximum Gasteiger partial charge on any atom is 0.411 e. The lowest BCUT2D eigenvalue weighted by molar-refractivity contribution is 0.0922. The predicted molar refractivity (Wildman–Crippen MR) is 142 cm³/mol. The highest BCUT2D eigenvalue weighted by atomic mass is 16.4. The molecule has 196 valence electrons. The van der Waals surface area contributed by atoms with Crippen molar-refractivity contribution in [3.8, 4) is 6.07 Å². The molecule has 5 rings (SSSR count). The van der Waals surface area contributed by atoms with Gasteiger partial charge in [-0.2, -0.15) is 5.26 Å². The Bertz CT molecular complexity index is 1520. The first-order chi connectivity index (χ1) is 18.4. The van der Waals surface area contributed by atoms with Gasteiger partial charge in [-0.1, -0.05) is 0 Å². The summed E-state index contributed by atoms with van der Waals surface area (Å²) in [4.78, 5) is 27.4. The van der Waals surface area contributed by atoms with E-state index in [-0.39, 0.29) is 12.5 Å². The zero-order valence-corrected chi connectivity index (χ0v) is 20.9. The van der Waals surface area contributed by atoms with Crippen molar-refractivity contribution in [2.24, 2.45) is 0 Å². The summed E-state index contributed by atoms with van der Waals surface area (Å²) in [5, 5.41) is 31.2. The molecule has 3 N–H and O–H groups in total. The number of imide groups is 1. The summed E-state index contributed by atoms with van der Waals surface area (Å²) < 4.78 is 7.31. The van der Waals surface area contributed by atoms with E-state index in [1.54, 1.807) is 17.4 Å². The first-order valence-corrected chi connectivity index (χ1v) is 12.6. The van der Waals surface area contributed by atoms with Gasteiger partial charge < -0.3 is 24.1 Å². The van der Waals surface area contributed by atoms with Crippen LogP contribution in [0.25, 0.3) is 21.9 Å². The van der Waals surface area contributed by atoms with E-state index in [0.717, 1.165) is 79.5 Å². The SMILES string of the molecule is N#Cc1ccc2c(c1)c(CCCCN1CCN(c3ccc4oc(C(=O)NC(=O)O)cc4c3)CC1)cn2CO. The molecule has 2 aromatic carbocycles. The highest BCUT2D eigenvalue weighted by Crippen LogP contribution is 2.27. The molecule has 0 saturated carbocycles. The molecule has 0 spiro atoms. The Labute approximate surface area is 219 Å². The summed E-state index contributed by atoms with van der Waals surface area (Å²) in [6.07, 6.45) is 3.55. The molecule has 0 atom stereocenters. The number of aryl methyl sites for hydroxylation is 1. The lowest BCUT2D eigenvalue weighted by Gasteiger charge is -2.36. The molecular weight excluding hydrogens is 486 g/mol. The van der Waals surface area contributed by atoms with Crippen molar-refractivity contribution in [3.63, 3.8) is 0 Å². The lowest BCUT2D eigenvalue weighted by Crippen LogP contribution is -2.46. The van der Waals surface area contributed by atoms with Crippen LogP contribution in [0.1, 0.15) is 34.5 Å². The van der Waals surface area contributed by atoms with Gasteiger partial charge in [0.2, 0.25) is 0 Å². The second kappa shape index (κ2) is 11.0. The number of aliphatic hydroxyl groups is 1. The van der Waals surface area contributed by atoms with Crippen molar-refractivity contribution >= 4 is 39.6 Å². The van der Waals surface area contributed by atoms with Crippen molar-refractivity contribution in [1.82, 2.24) is 14.8 Å². The van der Waals surface area contributed by atoms with Gasteiger partial charge in [0.15, 0.2) is 5.76 Å². The number of nitrogens with one attached hydrogen (secondary N) is 1. The van der Waals surface area contributed by atoms with Crippen LogP contribution >= 0.6 is 0 Å². The average Bonchev–Trinajstić information content (AvgIpc) is 3.51. The third kappa shape index (κ3) is 5.34. The number of fused-ring (bicyclic) bond motifs is 2. The lowest BCUT2D eigenvalue weighted by atomic mass is 10.0. The number of furan rings is 1. The van der Waals surface area contributed by atoms with Crippen LogP contribution in [0.4, 0.5) is 10.5 Å². The second-order valence-electron chi connectivity index (χ2n) is 9.49. The number of amides is 2. The number of benzene rings is 2. The number of hydrogen-bond acceptors (Lipinski definition) is 7. The van der Waals surface area contributed by atoms with E-state index in [0.29, 0.717) is 11.1 Å². The zero-order valence-electron chi connectivity index (χ0n) is 20.9. The summed E-state index contributed by atoms with van der Waals surface area (Å²) in [6.45, 7) is 4.60. The van der Waals surface area contributed by atoms with Crippen LogP contribution in [-0.2, 0) is 13.2 Å². The fourth-order valence-corrected chi connectivity index (χ4v) is 5.14. The largest absolute Gasteiger partial charge is 0.465 e. The van der Waals surface area contributed by atoms with Crippen molar-refractivity contribution < 1.29 is 24.2 Å². The first kappa shape index (κ1) is 25.3. The Morgan fingerprint density at radius 2 is 1.87 bits per heavy atom. The Balaban J connectivity index is 1.12. The van der Waals surface area contributed by atoms with Crippen LogP contribution < -0.4 is 10.2 Å². The van der Waals surface area contributed by atoms with Gasteiger partial charge in [0.25, 0.3) is 5.91 Å².